The van der Waals surface area contributed by atoms with Gasteiger partial charge in [0.2, 0.25) is 5.91 Å². The summed E-state index contributed by atoms with van der Waals surface area (Å²) in [7, 11) is 1.61. The van der Waals surface area contributed by atoms with E-state index >= 15 is 0 Å². The number of methoxy groups -OCH3 is 1. The van der Waals surface area contributed by atoms with Crippen molar-refractivity contribution in [3.63, 3.8) is 0 Å². The summed E-state index contributed by atoms with van der Waals surface area (Å²) >= 11 is 0. The Bertz CT molecular complexity index is 644. The molecule has 0 aromatic heterocycles. The molecule has 3 rings (SSSR count). The minimum absolute atomic E-state index is 0.0121. The van der Waals surface area contributed by atoms with Gasteiger partial charge in [-0.1, -0.05) is 0 Å². The highest BCUT2D eigenvalue weighted by Gasteiger charge is 2.38. The number of hydrogen-bond donors (Lipinski definition) is 1. The van der Waals surface area contributed by atoms with Crippen LogP contribution in [0.15, 0.2) is 18.2 Å². The molecule has 0 aliphatic carbocycles. The molecule has 2 aliphatic heterocycles. The number of aliphatic carboxylic acids is 1. The average molecular weight is 333 g/mol. The Labute approximate surface area is 141 Å². The molecule has 1 aromatic carbocycles. The predicted octanol–water partition coefficient (Wildman–Crippen LogP) is 1.96. The van der Waals surface area contributed by atoms with E-state index in [1.807, 2.05) is 25.1 Å². The second kappa shape index (κ2) is 6.71. The van der Waals surface area contributed by atoms with Crippen molar-refractivity contribution in [3.8, 4) is 11.5 Å². The van der Waals surface area contributed by atoms with Crippen LogP contribution < -0.4 is 9.47 Å². The number of piperidine rings is 1. The molecular formula is C18H23NO5. The molecule has 0 spiro atoms. The van der Waals surface area contributed by atoms with Crippen molar-refractivity contribution in [2.24, 2.45) is 11.8 Å². The highest BCUT2D eigenvalue weighted by atomic mass is 16.5. The van der Waals surface area contributed by atoms with Crippen molar-refractivity contribution in [1.29, 1.82) is 0 Å². The lowest BCUT2D eigenvalue weighted by molar-refractivity contribution is -0.151. The number of carboxylic acid groups (broad SMARTS) is 1. The van der Waals surface area contributed by atoms with Gasteiger partial charge in [-0.25, -0.2) is 0 Å². The third-order valence-corrected chi connectivity index (χ3v) is 5.11. The second-order valence-electron chi connectivity index (χ2n) is 6.54. The van der Waals surface area contributed by atoms with Crippen molar-refractivity contribution < 1.29 is 24.2 Å². The quantitative estimate of drug-likeness (QED) is 0.915. The summed E-state index contributed by atoms with van der Waals surface area (Å²) in [6.07, 6.45) is 1.94. The third kappa shape index (κ3) is 3.05. The molecule has 130 valence electrons. The van der Waals surface area contributed by atoms with Gasteiger partial charge in [-0.15, -0.1) is 0 Å². The highest BCUT2D eigenvalue weighted by Crippen LogP contribution is 2.33. The summed E-state index contributed by atoms with van der Waals surface area (Å²) in [5.74, 6) is -0.0752. The molecule has 0 radical (unpaired) electrons. The molecule has 1 aromatic rings. The van der Waals surface area contributed by atoms with Crippen LogP contribution in [0.1, 0.15) is 25.3 Å². The molecule has 24 heavy (non-hydrogen) atoms. The lowest BCUT2D eigenvalue weighted by Crippen LogP contribution is -2.52. The summed E-state index contributed by atoms with van der Waals surface area (Å²) < 4.78 is 11.0. The molecule has 3 atom stereocenters. The fourth-order valence-corrected chi connectivity index (χ4v) is 3.68. The summed E-state index contributed by atoms with van der Waals surface area (Å²) in [4.78, 5) is 26.0. The fraction of sp³-hybridized carbons (Fsp3) is 0.556. The van der Waals surface area contributed by atoms with E-state index in [2.05, 4.69) is 0 Å². The zero-order valence-corrected chi connectivity index (χ0v) is 14.0. The zero-order valence-electron chi connectivity index (χ0n) is 14.0. The molecule has 2 aliphatic rings. The van der Waals surface area contributed by atoms with E-state index in [0.717, 1.165) is 23.5 Å². The first-order chi connectivity index (χ1) is 11.5. The van der Waals surface area contributed by atoms with Crippen molar-refractivity contribution in [2.75, 3.05) is 20.3 Å². The number of hydrogen-bond acceptors (Lipinski definition) is 4. The Morgan fingerprint density at radius 1 is 1.38 bits per heavy atom. The normalized spacial score (nSPS) is 26.2. The molecule has 0 saturated carbocycles. The van der Waals surface area contributed by atoms with Crippen LogP contribution in [0.5, 0.6) is 11.5 Å². The summed E-state index contributed by atoms with van der Waals surface area (Å²) in [6, 6.07) is 5.31. The molecule has 6 heteroatoms. The number of nitrogens with zero attached hydrogens (tertiary/aromatic N) is 1. The Kier molecular flexibility index (Phi) is 4.64. The van der Waals surface area contributed by atoms with Crippen LogP contribution in [0.3, 0.4) is 0 Å². The lowest BCUT2D eigenvalue weighted by Gasteiger charge is -2.40. The van der Waals surface area contributed by atoms with Crippen molar-refractivity contribution in [2.45, 2.75) is 32.2 Å². The lowest BCUT2D eigenvalue weighted by atomic mass is 9.88. The number of carbonyl (C=O) groups excluding carboxylic acids is 1. The fourth-order valence-electron chi connectivity index (χ4n) is 3.68. The van der Waals surface area contributed by atoms with Crippen LogP contribution in [0.25, 0.3) is 0 Å². The summed E-state index contributed by atoms with van der Waals surface area (Å²) in [5, 5.41) is 9.33. The minimum atomic E-state index is -0.824. The number of rotatable bonds is 3. The molecule has 1 N–H and O–H groups in total. The maximum atomic E-state index is 12.9. The van der Waals surface area contributed by atoms with E-state index < -0.39 is 11.9 Å². The first-order valence-electron chi connectivity index (χ1n) is 8.34. The van der Waals surface area contributed by atoms with Crippen molar-refractivity contribution in [3.05, 3.63) is 23.8 Å². The summed E-state index contributed by atoms with van der Waals surface area (Å²) in [5.41, 5.74) is 0.957. The van der Waals surface area contributed by atoms with Gasteiger partial charge in [0.25, 0.3) is 0 Å². The van der Waals surface area contributed by atoms with E-state index in [-0.39, 0.29) is 17.9 Å². The molecule has 1 amide bonds. The van der Waals surface area contributed by atoms with Crippen LogP contribution >= 0.6 is 0 Å². The standard InChI is InChI=1S/C18H23NO5/c1-11-15(18(21)22)4-3-7-19(11)17(20)13-8-12-9-14(23-2)5-6-16(12)24-10-13/h5-6,9,11,13,15H,3-4,7-8,10H2,1-2H3,(H,21,22)/t11-,13?,15-/m0/s1. The summed E-state index contributed by atoms with van der Waals surface area (Å²) in [6.45, 7) is 2.78. The van der Waals surface area contributed by atoms with Gasteiger partial charge in [-0.05, 0) is 49.9 Å². The molecule has 1 unspecified atom stereocenters. The molecular weight excluding hydrogens is 310 g/mol. The molecule has 6 nitrogen and oxygen atoms in total. The van der Waals surface area contributed by atoms with Gasteiger partial charge in [0.15, 0.2) is 0 Å². The Hall–Kier alpha value is -2.24. The molecule has 1 saturated heterocycles. The number of carbonyl (C=O) groups is 2. The number of fused-ring (bicyclic) bond motifs is 1. The van der Waals surface area contributed by atoms with Gasteiger partial charge in [0, 0.05) is 12.6 Å². The molecule has 1 fully saturated rings. The molecule has 2 heterocycles. The maximum absolute atomic E-state index is 12.9. The zero-order chi connectivity index (χ0) is 17.3. The first-order valence-corrected chi connectivity index (χ1v) is 8.34. The molecule has 0 bridgehead atoms. The van der Waals surface area contributed by atoms with Crippen molar-refractivity contribution in [1.82, 2.24) is 4.90 Å². The van der Waals surface area contributed by atoms with E-state index in [9.17, 15) is 14.7 Å². The van der Waals surface area contributed by atoms with Crippen LogP contribution in [0.4, 0.5) is 0 Å². The van der Waals surface area contributed by atoms with Crippen LogP contribution in [0, 0.1) is 11.8 Å². The number of likely N-dealkylation sites (tertiary alicyclic amines) is 1. The number of carboxylic acids is 1. The third-order valence-electron chi connectivity index (χ3n) is 5.11. The van der Waals surface area contributed by atoms with Crippen molar-refractivity contribution >= 4 is 11.9 Å². The Balaban J connectivity index is 1.74. The number of amides is 1. The van der Waals surface area contributed by atoms with Gasteiger partial charge in [0.1, 0.15) is 18.1 Å². The van der Waals surface area contributed by atoms with E-state index in [1.54, 1.807) is 12.0 Å². The number of benzene rings is 1. The SMILES string of the molecule is COc1ccc2c(c1)CC(C(=O)N1CCC[C@H](C(=O)O)[C@@H]1C)CO2. The van der Waals surface area contributed by atoms with Crippen LogP contribution in [-0.4, -0.2) is 48.2 Å². The Morgan fingerprint density at radius 3 is 2.88 bits per heavy atom. The monoisotopic (exact) mass is 333 g/mol. The number of ether oxygens (including phenoxy) is 2. The van der Waals surface area contributed by atoms with Gasteiger partial charge in [0.05, 0.1) is 18.9 Å². The van der Waals surface area contributed by atoms with Gasteiger partial charge in [-0.3, -0.25) is 9.59 Å². The minimum Gasteiger partial charge on any atom is -0.497 e. The van der Waals surface area contributed by atoms with Crippen LogP contribution in [-0.2, 0) is 16.0 Å². The smallest absolute Gasteiger partial charge is 0.308 e. The van der Waals surface area contributed by atoms with Crippen LogP contribution in [0.2, 0.25) is 0 Å². The highest BCUT2D eigenvalue weighted by molar-refractivity contribution is 5.81. The van der Waals surface area contributed by atoms with E-state index in [1.165, 1.54) is 0 Å². The predicted molar refractivity (Wildman–Crippen MR) is 87.2 cm³/mol. The maximum Gasteiger partial charge on any atom is 0.308 e. The van der Waals surface area contributed by atoms with E-state index in [4.69, 9.17) is 9.47 Å². The van der Waals surface area contributed by atoms with Gasteiger partial charge in [-0.2, -0.15) is 0 Å². The van der Waals surface area contributed by atoms with E-state index in [0.29, 0.717) is 26.0 Å². The topological polar surface area (TPSA) is 76.1 Å². The Morgan fingerprint density at radius 2 is 2.17 bits per heavy atom. The van der Waals surface area contributed by atoms with Gasteiger partial charge >= 0.3 is 5.97 Å². The largest absolute Gasteiger partial charge is 0.497 e. The first kappa shape index (κ1) is 16.6. The second-order valence-corrected chi connectivity index (χ2v) is 6.54. The van der Waals surface area contributed by atoms with Gasteiger partial charge < -0.3 is 19.5 Å². The average Bonchev–Trinajstić information content (AvgIpc) is 2.60.